The number of ketones is 1. The maximum Gasteiger partial charge on any atom is 0.416 e. The highest BCUT2D eigenvalue weighted by Gasteiger charge is 2.31. The van der Waals surface area contributed by atoms with E-state index in [1.54, 1.807) is 0 Å². The fraction of sp³-hybridized carbons (Fsp3) is 0.238. The monoisotopic (exact) mass is 403 g/mol. The van der Waals surface area contributed by atoms with Crippen molar-refractivity contribution in [1.82, 2.24) is 0 Å². The molecule has 0 amide bonds. The minimum absolute atomic E-state index is 0.0394. The molecule has 2 aromatic carbocycles. The highest BCUT2D eigenvalue weighted by Crippen LogP contribution is 2.34. The van der Waals surface area contributed by atoms with Crippen molar-refractivity contribution in [3.8, 4) is 6.07 Å². The average molecular weight is 403 g/mol. The lowest BCUT2D eigenvalue weighted by Crippen LogP contribution is -2.27. The van der Waals surface area contributed by atoms with Crippen LogP contribution in [-0.4, -0.2) is 5.78 Å². The molecule has 1 aliphatic carbocycles. The van der Waals surface area contributed by atoms with Crippen molar-refractivity contribution < 1.29 is 22.4 Å². The van der Waals surface area contributed by atoms with E-state index < -0.39 is 23.6 Å². The lowest BCUT2D eigenvalue weighted by molar-refractivity contribution is -0.137. The Labute approximate surface area is 164 Å². The Hall–Kier alpha value is -3.18. The smallest absolute Gasteiger partial charge is 0.358 e. The zero-order valence-electron chi connectivity index (χ0n) is 15.2. The van der Waals surface area contributed by atoms with E-state index in [0.29, 0.717) is 18.5 Å². The molecule has 1 atom stereocenters. The number of carbonyl (C=O) groups is 1. The number of nitrogens with one attached hydrogen (secondary N) is 1. The van der Waals surface area contributed by atoms with Gasteiger partial charge in [0.05, 0.1) is 23.2 Å². The molecule has 8 heteroatoms. The van der Waals surface area contributed by atoms with Crippen molar-refractivity contribution in [2.24, 2.45) is 5.73 Å². The number of halogens is 4. The third-order valence-electron chi connectivity index (χ3n) is 4.72. The molecule has 0 saturated heterocycles. The van der Waals surface area contributed by atoms with Crippen molar-refractivity contribution in [3.63, 3.8) is 0 Å². The van der Waals surface area contributed by atoms with Gasteiger partial charge in [-0.25, -0.2) is 4.39 Å². The van der Waals surface area contributed by atoms with Crippen molar-refractivity contribution in [2.45, 2.75) is 31.5 Å². The Balaban J connectivity index is 2.00. The number of anilines is 1. The van der Waals surface area contributed by atoms with Gasteiger partial charge in [-0.15, -0.1) is 0 Å². The summed E-state index contributed by atoms with van der Waals surface area (Å²) in [5, 5.41) is 11.7. The van der Waals surface area contributed by atoms with Crippen molar-refractivity contribution in [3.05, 3.63) is 76.2 Å². The Morgan fingerprint density at radius 1 is 1.14 bits per heavy atom. The molecule has 1 unspecified atom stereocenters. The number of benzene rings is 2. The average Bonchev–Trinajstić information content (AvgIpc) is 2.67. The zero-order valence-corrected chi connectivity index (χ0v) is 15.2. The van der Waals surface area contributed by atoms with E-state index >= 15 is 0 Å². The molecule has 0 saturated carbocycles. The molecule has 3 rings (SSSR count). The number of alkyl halides is 3. The molecule has 0 aromatic heterocycles. The Bertz CT molecular complexity index is 1020. The van der Waals surface area contributed by atoms with Gasteiger partial charge in [-0.1, -0.05) is 12.1 Å². The molecule has 0 fully saturated rings. The number of rotatable bonds is 4. The largest absolute Gasteiger partial charge is 0.416 e. The maximum atomic E-state index is 14.4. The van der Waals surface area contributed by atoms with Gasteiger partial charge < -0.3 is 11.1 Å². The van der Waals surface area contributed by atoms with Crippen LogP contribution in [-0.2, 0) is 11.0 Å². The summed E-state index contributed by atoms with van der Waals surface area (Å²) in [5.41, 5.74) is 6.17. The van der Waals surface area contributed by atoms with E-state index in [-0.39, 0.29) is 34.6 Å². The number of nitrogens with zero attached hydrogens (tertiary/aromatic N) is 1. The molecule has 150 valence electrons. The fourth-order valence-corrected chi connectivity index (χ4v) is 3.31. The van der Waals surface area contributed by atoms with Crippen LogP contribution in [0.5, 0.6) is 0 Å². The molecule has 0 bridgehead atoms. The Morgan fingerprint density at radius 3 is 2.55 bits per heavy atom. The number of hydrogen-bond acceptors (Lipinski definition) is 4. The Morgan fingerprint density at radius 2 is 1.90 bits per heavy atom. The molecule has 1 aliphatic rings. The number of nitriles is 1. The SMILES string of the molecule is N#Cc1ccc(C(N)C2=C(Nc3cccc(C(F)(F)F)c3)CCCC2=O)c(F)c1. The molecule has 2 aromatic rings. The first kappa shape index (κ1) is 20.6. The van der Waals surface area contributed by atoms with Crippen LogP contribution in [0.25, 0.3) is 0 Å². The summed E-state index contributed by atoms with van der Waals surface area (Å²) in [5.74, 6) is -1.01. The van der Waals surface area contributed by atoms with Gasteiger partial charge in [0.2, 0.25) is 0 Å². The van der Waals surface area contributed by atoms with Gasteiger partial charge in [0, 0.05) is 28.9 Å². The van der Waals surface area contributed by atoms with Crippen LogP contribution in [0.3, 0.4) is 0 Å². The highest BCUT2D eigenvalue weighted by molar-refractivity contribution is 5.98. The van der Waals surface area contributed by atoms with Gasteiger partial charge >= 0.3 is 6.18 Å². The minimum atomic E-state index is -4.50. The maximum absolute atomic E-state index is 14.4. The van der Waals surface area contributed by atoms with Crippen molar-refractivity contribution in [1.29, 1.82) is 5.26 Å². The quantitative estimate of drug-likeness (QED) is 0.717. The Kier molecular flexibility index (Phi) is 5.71. The van der Waals surface area contributed by atoms with E-state index in [2.05, 4.69) is 5.32 Å². The molecule has 29 heavy (non-hydrogen) atoms. The number of hydrogen-bond donors (Lipinski definition) is 2. The molecule has 0 aliphatic heterocycles. The van der Waals surface area contributed by atoms with E-state index in [4.69, 9.17) is 11.0 Å². The summed E-state index contributed by atoms with van der Waals surface area (Å²) in [7, 11) is 0. The van der Waals surface area contributed by atoms with Crippen molar-refractivity contribution >= 4 is 11.5 Å². The second kappa shape index (κ2) is 8.05. The topological polar surface area (TPSA) is 78.9 Å². The molecular formula is C21H17F4N3O. The van der Waals surface area contributed by atoms with E-state index in [9.17, 15) is 22.4 Å². The number of carbonyl (C=O) groups excluding carboxylic acids is 1. The normalized spacial score (nSPS) is 15.8. The van der Waals surface area contributed by atoms with Gasteiger partial charge in [0.15, 0.2) is 5.78 Å². The van der Waals surface area contributed by atoms with E-state index in [0.717, 1.165) is 18.2 Å². The first-order valence-electron chi connectivity index (χ1n) is 8.86. The summed E-state index contributed by atoms with van der Waals surface area (Å²) in [6.45, 7) is 0. The van der Waals surface area contributed by atoms with E-state index in [1.807, 2.05) is 6.07 Å². The summed E-state index contributed by atoms with van der Waals surface area (Å²) in [6.07, 6.45) is -3.39. The summed E-state index contributed by atoms with van der Waals surface area (Å²) in [6, 6.07) is 9.08. The van der Waals surface area contributed by atoms with Crippen LogP contribution in [0, 0.1) is 17.1 Å². The van der Waals surface area contributed by atoms with Gasteiger partial charge in [0.25, 0.3) is 0 Å². The first-order chi connectivity index (χ1) is 13.7. The van der Waals surface area contributed by atoms with Gasteiger partial charge in [0.1, 0.15) is 5.82 Å². The van der Waals surface area contributed by atoms with Gasteiger partial charge in [-0.3, -0.25) is 4.79 Å². The number of nitrogens with two attached hydrogens (primary N) is 1. The highest BCUT2D eigenvalue weighted by atomic mass is 19.4. The van der Waals surface area contributed by atoms with Crippen LogP contribution < -0.4 is 11.1 Å². The first-order valence-corrected chi connectivity index (χ1v) is 8.86. The van der Waals surface area contributed by atoms with Crippen LogP contribution in [0.15, 0.2) is 53.7 Å². The molecular weight excluding hydrogens is 386 g/mol. The van der Waals surface area contributed by atoms with E-state index in [1.165, 1.54) is 24.3 Å². The fourth-order valence-electron chi connectivity index (χ4n) is 3.31. The molecule has 0 spiro atoms. The zero-order chi connectivity index (χ0) is 21.2. The predicted molar refractivity (Wildman–Crippen MR) is 99.0 cm³/mol. The third kappa shape index (κ3) is 4.46. The third-order valence-corrected chi connectivity index (χ3v) is 4.72. The van der Waals surface area contributed by atoms with Crippen LogP contribution in [0.1, 0.15) is 42.0 Å². The minimum Gasteiger partial charge on any atom is -0.358 e. The second-order valence-electron chi connectivity index (χ2n) is 6.70. The molecule has 4 nitrogen and oxygen atoms in total. The summed E-state index contributed by atoms with van der Waals surface area (Å²) >= 11 is 0. The standard InChI is InChI=1S/C21H17F4N3O/c22-16-9-12(11-26)7-8-15(16)20(27)19-17(5-2-6-18(19)29)28-14-4-1-3-13(10-14)21(23,24)25/h1,3-4,7-10,20,28H,2,5-6,27H2. The van der Waals surface area contributed by atoms with Gasteiger partial charge in [-0.2, -0.15) is 18.4 Å². The van der Waals surface area contributed by atoms with Gasteiger partial charge in [-0.05, 0) is 43.2 Å². The summed E-state index contributed by atoms with van der Waals surface area (Å²) in [4.78, 5) is 12.5. The number of allylic oxidation sites excluding steroid dienone is 1. The number of Topliss-reactive ketones (excluding diaryl/α,β-unsaturated/α-hetero) is 1. The second-order valence-corrected chi connectivity index (χ2v) is 6.70. The van der Waals surface area contributed by atoms with Crippen LogP contribution in [0.4, 0.5) is 23.2 Å². The predicted octanol–water partition coefficient (Wildman–Crippen LogP) is 4.84. The molecule has 0 heterocycles. The van der Waals surface area contributed by atoms with Crippen molar-refractivity contribution in [2.75, 3.05) is 5.32 Å². The lowest BCUT2D eigenvalue weighted by Gasteiger charge is -2.25. The van der Waals surface area contributed by atoms with Crippen LogP contribution in [0.2, 0.25) is 0 Å². The lowest BCUT2D eigenvalue weighted by atomic mass is 9.86. The molecule has 0 radical (unpaired) electrons. The molecule has 3 N–H and O–H groups in total. The summed E-state index contributed by atoms with van der Waals surface area (Å²) < 4.78 is 53.3. The van der Waals surface area contributed by atoms with Crippen LogP contribution >= 0.6 is 0 Å².